The first-order chi connectivity index (χ1) is 9.52. The van der Waals surface area contributed by atoms with Crippen LogP contribution in [0.25, 0.3) is 0 Å². The van der Waals surface area contributed by atoms with Gasteiger partial charge in [0, 0.05) is 11.1 Å². The van der Waals surface area contributed by atoms with Crippen molar-refractivity contribution in [2.24, 2.45) is 0 Å². The Balaban J connectivity index is 2.33. The van der Waals surface area contributed by atoms with E-state index < -0.39 is 5.82 Å². The van der Waals surface area contributed by atoms with Crippen molar-refractivity contribution in [2.75, 3.05) is 12.3 Å². The van der Waals surface area contributed by atoms with Crippen molar-refractivity contribution in [1.29, 1.82) is 0 Å². The van der Waals surface area contributed by atoms with Gasteiger partial charge in [0.2, 0.25) is 0 Å². The summed E-state index contributed by atoms with van der Waals surface area (Å²) in [6.07, 6.45) is 0. The standard InChI is InChI=1S/C15H13BrFNO2/c1-2-20-14-6-4-10(8-13(14)18)15(19)9-3-5-12(17)11(16)7-9/h3-8H,2,18H2,1H3. The number of halogens is 2. The zero-order chi connectivity index (χ0) is 14.7. The van der Waals surface area contributed by atoms with Gasteiger partial charge in [-0.15, -0.1) is 0 Å². The van der Waals surface area contributed by atoms with E-state index in [1.165, 1.54) is 18.2 Å². The molecule has 0 bridgehead atoms. The predicted octanol–water partition coefficient (Wildman–Crippen LogP) is 3.80. The maximum Gasteiger partial charge on any atom is 0.193 e. The Morgan fingerprint density at radius 2 is 1.90 bits per heavy atom. The van der Waals surface area contributed by atoms with Gasteiger partial charge in [-0.3, -0.25) is 4.79 Å². The lowest BCUT2D eigenvalue weighted by molar-refractivity contribution is 0.103. The van der Waals surface area contributed by atoms with Crippen molar-refractivity contribution in [3.63, 3.8) is 0 Å². The minimum Gasteiger partial charge on any atom is -0.492 e. The lowest BCUT2D eigenvalue weighted by Gasteiger charge is -2.08. The first-order valence-corrected chi connectivity index (χ1v) is 6.84. The van der Waals surface area contributed by atoms with Crippen LogP contribution < -0.4 is 10.5 Å². The van der Waals surface area contributed by atoms with Gasteiger partial charge in [0.25, 0.3) is 0 Å². The van der Waals surface area contributed by atoms with E-state index in [0.29, 0.717) is 29.2 Å². The zero-order valence-corrected chi connectivity index (χ0v) is 12.4. The summed E-state index contributed by atoms with van der Waals surface area (Å²) in [6.45, 7) is 2.36. The molecule has 20 heavy (non-hydrogen) atoms. The van der Waals surface area contributed by atoms with Crippen molar-refractivity contribution < 1.29 is 13.9 Å². The molecule has 0 amide bonds. The average molecular weight is 338 g/mol. The molecule has 0 aliphatic carbocycles. The molecule has 0 fully saturated rings. The van der Waals surface area contributed by atoms with Gasteiger partial charge in [-0.05, 0) is 59.3 Å². The highest BCUT2D eigenvalue weighted by Crippen LogP contribution is 2.25. The number of hydrogen-bond acceptors (Lipinski definition) is 3. The van der Waals surface area contributed by atoms with Crippen LogP contribution in [0.4, 0.5) is 10.1 Å². The van der Waals surface area contributed by atoms with Crippen molar-refractivity contribution in [1.82, 2.24) is 0 Å². The van der Waals surface area contributed by atoms with E-state index in [0.717, 1.165) is 0 Å². The first-order valence-electron chi connectivity index (χ1n) is 6.05. The van der Waals surface area contributed by atoms with Crippen molar-refractivity contribution in [3.8, 4) is 5.75 Å². The molecule has 2 N–H and O–H groups in total. The molecule has 0 saturated heterocycles. The lowest BCUT2D eigenvalue weighted by atomic mass is 10.0. The van der Waals surface area contributed by atoms with E-state index >= 15 is 0 Å². The maximum atomic E-state index is 13.2. The van der Waals surface area contributed by atoms with Crippen LogP contribution >= 0.6 is 15.9 Å². The quantitative estimate of drug-likeness (QED) is 0.681. The third-order valence-corrected chi connectivity index (χ3v) is 3.36. The summed E-state index contributed by atoms with van der Waals surface area (Å²) in [6, 6.07) is 8.99. The Hall–Kier alpha value is -1.88. The summed E-state index contributed by atoms with van der Waals surface area (Å²) in [7, 11) is 0. The Bertz CT molecular complexity index is 658. The second-order valence-corrected chi connectivity index (χ2v) is 5.00. The van der Waals surface area contributed by atoms with Crippen molar-refractivity contribution in [3.05, 3.63) is 57.8 Å². The number of rotatable bonds is 4. The van der Waals surface area contributed by atoms with Gasteiger partial charge < -0.3 is 10.5 Å². The summed E-state index contributed by atoms with van der Waals surface area (Å²) in [5, 5.41) is 0. The second kappa shape index (κ2) is 6.05. The largest absolute Gasteiger partial charge is 0.492 e. The lowest BCUT2D eigenvalue weighted by Crippen LogP contribution is -2.04. The molecule has 0 radical (unpaired) electrons. The molecule has 0 aromatic heterocycles. The van der Waals surface area contributed by atoms with Crippen LogP contribution in [0.3, 0.4) is 0 Å². The number of carbonyl (C=O) groups excluding carboxylic acids is 1. The fourth-order valence-corrected chi connectivity index (χ4v) is 2.16. The summed E-state index contributed by atoms with van der Waals surface area (Å²) in [5.74, 6) is -0.0856. The number of hydrogen-bond donors (Lipinski definition) is 1. The smallest absolute Gasteiger partial charge is 0.193 e. The number of anilines is 1. The highest BCUT2D eigenvalue weighted by atomic mass is 79.9. The molecule has 2 aromatic carbocycles. The fourth-order valence-electron chi connectivity index (χ4n) is 1.78. The van der Waals surface area contributed by atoms with E-state index in [1.54, 1.807) is 18.2 Å². The van der Waals surface area contributed by atoms with E-state index in [-0.39, 0.29) is 10.3 Å². The Kier molecular flexibility index (Phi) is 4.39. The minimum absolute atomic E-state index is 0.222. The third-order valence-electron chi connectivity index (χ3n) is 2.75. The van der Waals surface area contributed by atoms with Crippen LogP contribution in [0, 0.1) is 5.82 Å². The number of nitrogen functional groups attached to an aromatic ring is 1. The zero-order valence-electron chi connectivity index (χ0n) is 10.8. The molecule has 0 atom stereocenters. The Labute approximate surface area is 124 Å². The topological polar surface area (TPSA) is 52.3 Å². The number of nitrogens with two attached hydrogens (primary N) is 1. The molecule has 0 unspecified atom stereocenters. The molecule has 3 nitrogen and oxygen atoms in total. The van der Waals surface area contributed by atoms with Gasteiger partial charge in [-0.25, -0.2) is 4.39 Å². The number of benzene rings is 2. The van der Waals surface area contributed by atoms with Gasteiger partial charge in [0.1, 0.15) is 11.6 Å². The highest BCUT2D eigenvalue weighted by Gasteiger charge is 2.13. The monoisotopic (exact) mass is 337 g/mol. The molecule has 2 rings (SSSR count). The number of carbonyl (C=O) groups is 1. The molecule has 0 aliphatic rings. The van der Waals surface area contributed by atoms with E-state index in [2.05, 4.69) is 15.9 Å². The summed E-state index contributed by atoms with van der Waals surface area (Å²) in [5.41, 5.74) is 7.06. The van der Waals surface area contributed by atoms with Gasteiger partial charge in [-0.2, -0.15) is 0 Å². The maximum absolute atomic E-state index is 13.2. The second-order valence-electron chi connectivity index (χ2n) is 4.14. The van der Waals surface area contributed by atoms with Crippen LogP contribution in [-0.4, -0.2) is 12.4 Å². The van der Waals surface area contributed by atoms with E-state index in [4.69, 9.17) is 10.5 Å². The van der Waals surface area contributed by atoms with Crippen LogP contribution in [0.2, 0.25) is 0 Å². The average Bonchev–Trinajstić information content (AvgIpc) is 2.43. The molecule has 0 aliphatic heterocycles. The number of ketones is 1. The van der Waals surface area contributed by atoms with Gasteiger partial charge in [-0.1, -0.05) is 0 Å². The highest BCUT2D eigenvalue weighted by molar-refractivity contribution is 9.10. The van der Waals surface area contributed by atoms with Gasteiger partial charge in [0.15, 0.2) is 5.78 Å². The fraction of sp³-hybridized carbons (Fsp3) is 0.133. The molecule has 0 spiro atoms. The summed E-state index contributed by atoms with van der Waals surface area (Å²) in [4.78, 5) is 12.3. The molecule has 104 valence electrons. The summed E-state index contributed by atoms with van der Waals surface area (Å²) >= 11 is 3.06. The van der Waals surface area contributed by atoms with Crippen molar-refractivity contribution in [2.45, 2.75) is 6.92 Å². The van der Waals surface area contributed by atoms with Crippen LogP contribution in [0.5, 0.6) is 5.75 Å². The summed E-state index contributed by atoms with van der Waals surface area (Å²) < 4.78 is 18.7. The Morgan fingerprint density at radius 3 is 2.50 bits per heavy atom. The predicted molar refractivity (Wildman–Crippen MR) is 79.6 cm³/mol. The molecular formula is C15H13BrFNO2. The molecule has 5 heteroatoms. The van der Waals surface area contributed by atoms with E-state index in [9.17, 15) is 9.18 Å². The van der Waals surface area contributed by atoms with Gasteiger partial charge >= 0.3 is 0 Å². The molecular weight excluding hydrogens is 325 g/mol. The van der Waals surface area contributed by atoms with Crippen LogP contribution in [-0.2, 0) is 0 Å². The third kappa shape index (κ3) is 2.99. The SMILES string of the molecule is CCOc1ccc(C(=O)c2ccc(F)c(Br)c2)cc1N. The van der Waals surface area contributed by atoms with Crippen molar-refractivity contribution >= 4 is 27.4 Å². The van der Waals surface area contributed by atoms with Gasteiger partial charge in [0.05, 0.1) is 16.8 Å². The molecule has 0 saturated carbocycles. The number of ether oxygens (including phenoxy) is 1. The molecule has 0 heterocycles. The Morgan fingerprint density at radius 1 is 1.25 bits per heavy atom. The normalized spacial score (nSPS) is 10.3. The minimum atomic E-state index is -0.409. The first kappa shape index (κ1) is 14.5. The van der Waals surface area contributed by atoms with E-state index in [1.807, 2.05) is 6.92 Å². The van der Waals surface area contributed by atoms with Crippen LogP contribution in [0.15, 0.2) is 40.9 Å². The van der Waals surface area contributed by atoms with Crippen LogP contribution in [0.1, 0.15) is 22.8 Å². The molecule has 2 aromatic rings.